The summed E-state index contributed by atoms with van der Waals surface area (Å²) in [7, 11) is 0. The number of aryl methyl sites for hydroxylation is 1. The van der Waals surface area contributed by atoms with Crippen molar-refractivity contribution in [3.05, 3.63) is 60.7 Å². The van der Waals surface area contributed by atoms with E-state index in [1.54, 1.807) is 0 Å². The van der Waals surface area contributed by atoms with E-state index < -0.39 is 0 Å². The molecule has 0 saturated carbocycles. The van der Waals surface area contributed by atoms with Crippen molar-refractivity contribution in [2.24, 2.45) is 0 Å². The van der Waals surface area contributed by atoms with Crippen LogP contribution >= 0.6 is 0 Å². The summed E-state index contributed by atoms with van der Waals surface area (Å²) in [6, 6.07) is 10.4. The fourth-order valence-corrected chi connectivity index (χ4v) is 2.74. The third kappa shape index (κ3) is 2.54. The molecule has 0 aliphatic carbocycles. The van der Waals surface area contributed by atoms with Gasteiger partial charge in [0, 0.05) is 42.4 Å². The van der Waals surface area contributed by atoms with Crippen molar-refractivity contribution in [1.82, 2.24) is 19.7 Å². The van der Waals surface area contributed by atoms with Crippen LogP contribution in [0, 0.1) is 6.92 Å². The highest BCUT2D eigenvalue weighted by Crippen LogP contribution is 2.24. The minimum atomic E-state index is 0.839. The van der Waals surface area contributed by atoms with Gasteiger partial charge in [0.2, 0.25) is 0 Å². The Morgan fingerprint density at radius 2 is 2.04 bits per heavy atom. The third-order valence-corrected chi connectivity index (χ3v) is 4.15. The van der Waals surface area contributed by atoms with E-state index in [1.807, 2.05) is 30.1 Å². The summed E-state index contributed by atoms with van der Waals surface area (Å²) in [6.07, 6.45) is 8.15. The fourth-order valence-electron chi connectivity index (χ4n) is 2.74. The molecule has 4 rings (SSSR count). The molecule has 0 N–H and O–H groups in total. The summed E-state index contributed by atoms with van der Waals surface area (Å²) in [5.74, 6) is 0.839. The normalized spacial score (nSPS) is 14.2. The molecule has 23 heavy (non-hydrogen) atoms. The fraction of sp³-hybridized carbons (Fsp3) is 0.222. The lowest BCUT2D eigenvalue weighted by Gasteiger charge is -2.19. The molecule has 0 fully saturated rings. The van der Waals surface area contributed by atoms with Crippen molar-refractivity contribution in [3.63, 3.8) is 0 Å². The van der Waals surface area contributed by atoms with E-state index in [-0.39, 0.29) is 0 Å². The molecule has 0 amide bonds. The van der Waals surface area contributed by atoms with Crippen molar-refractivity contribution in [2.75, 3.05) is 18.1 Å². The lowest BCUT2D eigenvalue weighted by atomic mass is 10.2. The van der Waals surface area contributed by atoms with E-state index in [0.29, 0.717) is 0 Å². The molecular weight excluding hydrogens is 286 g/mol. The highest BCUT2D eigenvalue weighted by molar-refractivity contribution is 5.83. The highest BCUT2D eigenvalue weighted by Gasteiger charge is 2.13. The second-order valence-electron chi connectivity index (χ2n) is 5.82. The number of pyridine rings is 1. The molecular formula is C18H19N5. The molecule has 5 heteroatoms. The smallest absolute Gasteiger partial charge is 0.153 e. The first-order valence-corrected chi connectivity index (χ1v) is 7.84. The molecule has 3 heterocycles. The topological polar surface area (TPSA) is 37.2 Å². The van der Waals surface area contributed by atoms with Gasteiger partial charge in [-0.25, -0.2) is 9.67 Å². The van der Waals surface area contributed by atoms with Crippen LogP contribution in [0.2, 0.25) is 0 Å². The Kier molecular flexibility index (Phi) is 3.26. The number of hydrogen-bond donors (Lipinski definition) is 0. The van der Waals surface area contributed by atoms with E-state index >= 15 is 0 Å². The Morgan fingerprint density at radius 1 is 1.13 bits per heavy atom. The molecule has 1 aliphatic heterocycles. The van der Waals surface area contributed by atoms with Crippen molar-refractivity contribution < 1.29 is 0 Å². The minimum absolute atomic E-state index is 0.839. The zero-order chi connectivity index (χ0) is 15.8. The van der Waals surface area contributed by atoms with Gasteiger partial charge in [-0.15, -0.1) is 0 Å². The summed E-state index contributed by atoms with van der Waals surface area (Å²) in [6.45, 7) is 6.11. The average molecular weight is 305 g/mol. The van der Waals surface area contributed by atoms with E-state index in [1.165, 1.54) is 5.69 Å². The number of aromatic nitrogens is 3. The maximum Gasteiger partial charge on any atom is 0.153 e. The van der Waals surface area contributed by atoms with Crippen molar-refractivity contribution >= 4 is 16.6 Å². The lowest BCUT2D eigenvalue weighted by molar-refractivity contribution is 0.429. The molecule has 2 aromatic heterocycles. The second kappa shape index (κ2) is 5.43. The van der Waals surface area contributed by atoms with Crippen LogP contribution < -0.4 is 4.90 Å². The molecule has 0 unspecified atom stereocenters. The maximum atomic E-state index is 4.62. The maximum absolute atomic E-state index is 4.62. The number of fused-ring (bicyclic) bond motifs is 1. The van der Waals surface area contributed by atoms with Crippen LogP contribution in [-0.2, 0) is 0 Å². The first-order valence-electron chi connectivity index (χ1n) is 7.84. The van der Waals surface area contributed by atoms with Crippen LogP contribution in [-0.4, -0.2) is 32.9 Å². The molecule has 0 saturated heterocycles. The van der Waals surface area contributed by atoms with Gasteiger partial charge in [-0.2, -0.15) is 5.10 Å². The largest absolute Gasteiger partial charge is 0.359 e. The van der Waals surface area contributed by atoms with Gasteiger partial charge in [-0.3, -0.25) is 0 Å². The molecule has 0 atom stereocenters. The van der Waals surface area contributed by atoms with Crippen LogP contribution in [0.3, 0.4) is 0 Å². The van der Waals surface area contributed by atoms with Crippen molar-refractivity contribution in [2.45, 2.75) is 13.8 Å². The van der Waals surface area contributed by atoms with Gasteiger partial charge in [0.15, 0.2) is 5.82 Å². The third-order valence-electron chi connectivity index (χ3n) is 4.15. The summed E-state index contributed by atoms with van der Waals surface area (Å²) < 4.78 is 1.84. The van der Waals surface area contributed by atoms with Crippen LogP contribution in [0.5, 0.6) is 0 Å². The number of rotatable bonds is 3. The highest BCUT2D eigenvalue weighted by atomic mass is 15.3. The van der Waals surface area contributed by atoms with E-state index in [2.05, 4.69) is 63.5 Å². The molecule has 0 radical (unpaired) electrons. The minimum Gasteiger partial charge on any atom is -0.359 e. The molecule has 5 nitrogen and oxygen atoms in total. The van der Waals surface area contributed by atoms with Gasteiger partial charge in [0.1, 0.15) is 0 Å². The zero-order valence-electron chi connectivity index (χ0n) is 13.3. The molecule has 3 aromatic rings. The Bertz CT molecular complexity index is 863. The van der Waals surface area contributed by atoms with Crippen LogP contribution in [0.4, 0.5) is 5.69 Å². The van der Waals surface area contributed by atoms with E-state index in [0.717, 1.165) is 35.5 Å². The van der Waals surface area contributed by atoms with Gasteiger partial charge in [0.25, 0.3) is 0 Å². The van der Waals surface area contributed by atoms with Gasteiger partial charge in [0.05, 0.1) is 12.2 Å². The van der Waals surface area contributed by atoms with Gasteiger partial charge in [-0.1, -0.05) is 6.07 Å². The molecule has 1 aromatic carbocycles. The van der Waals surface area contributed by atoms with E-state index in [4.69, 9.17) is 0 Å². The SMILES string of the molecule is CCN1C=CN(c2ccc3nn(-c4ccc(C)cn4)cc3c2)C1. The quantitative estimate of drug-likeness (QED) is 0.744. The first-order chi connectivity index (χ1) is 11.2. The summed E-state index contributed by atoms with van der Waals surface area (Å²) >= 11 is 0. The number of anilines is 1. The van der Waals surface area contributed by atoms with Crippen LogP contribution in [0.25, 0.3) is 16.7 Å². The number of hydrogen-bond acceptors (Lipinski definition) is 4. The van der Waals surface area contributed by atoms with Gasteiger partial charge < -0.3 is 9.80 Å². The standard InChI is InChI=1S/C18H19N5/c1-3-21-8-9-22(13-21)16-5-6-17-15(10-16)12-23(20-17)18-7-4-14(2)11-19-18/h4-12H,3,13H2,1-2H3. The van der Waals surface area contributed by atoms with Crippen molar-refractivity contribution in [3.8, 4) is 5.82 Å². The van der Waals surface area contributed by atoms with Gasteiger partial charge in [-0.05, 0) is 43.7 Å². The summed E-state index contributed by atoms with van der Waals surface area (Å²) in [4.78, 5) is 8.95. The monoisotopic (exact) mass is 305 g/mol. The molecule has 0 bridgehead atoms. The Hall–Kier alpha value is -2.82. The molecule has 0 spiro atoms. The predicted octanol–water partition coefficient (Wildman–Crippen LogP) is 3.30. The Labute approximate surface area is 135 Å². The lowest BCUT2D eigenvalue weighted by Crippen LogP contribution is -2.24. The van der Waals surface area contributed by atoms with Crippen LogP contribution in [0.15, 0.2) is 55.1 Å². The Morgan fingerprint density at radius 3 is 2.78 bits per heavy atom. The molecule has 116 valence electrons. The van der Waals surface area contributed by atoms with Crippen molar-refractivity contribution in [1.29, 1.82) is 0 Å². The number of benzene rings is 1. The average Bonchev–Trinajstić information content (AvgIpc) is 3.21. The zero-order valence-corrected chi connectivity index (χ0v) is 13.3. The predicted molar refractivity (Wildman–Crippen MR) is 92.5 cm³/mol. The Balaban J connectivity index is 1.67. The van der Waals surface area contributed by atoms with Crippen LogP contribution in [0.1, 0.15) is 12.5 Å². The first kappa shape index (κ1) is 13.8. The van der Waals surface area contributed by atoms with E-state index in [9.17, 15) is 0 Å². The summed E-state index contributed by atoms with van der Waals surface area (Å²) in [5.41, 5.74) is 3.31. The summed E-state index contributed by atoms with van der Waals surface area (Å²) in [5, 5.41) is 5.74. The molecule has 1 aliphatic rings. The van der Waals surface area contributed by atoms with Gasteiger partial charge >= 0.3 is 0 Å². The number of nitrogens with zero attached hydrogens (tertiary/aromatic N) is 5. The second-order valence-corrected chi connectivity index (χ2v) is 5.82.